The molecule has 98 valence electrons. The van der Waals surface area contributed by atoms with Gasteiger partial charge in [-0.15, -0.1) is 0 Å². The Kier molecular flexibility index (Phi) is 3.57. The predicted octanol–water partition coefficient (Wildman–Crippen LogP) is 2.35. The van der Waals surface area contributed by atoms with E-state index in [9.17, 15) is 4.79 Å². The Balaban J connectivity index is 2.34. The van der Waals surface area contributed by atoms with Gasteiger partial charge < -0.3 is 14.6 Å². The number of carboxylic acids is 1. The van der Waals surface area contributed by atoms with Gasteiger partial charge in [0.15, 0.2) is 0 Å². The molecule has 1 atom stereocenters. The van der Waals surface area contributed by atoms with Crippen molar-refractivity contribution in [2.45, 2.75) is 31.8 Å². The third kappa shape index (κ3) is 2.20. The van der Waals surface area contributed by atoms with Crippen molar-refractivity contribution in [3.63, 3.8) is 0 Å². The van der Waals surface area contributed by atoms with E-state index in [0.29, 0.717) is 6.61 Å². The molecule has 0 aliphatic carbocycles. The fourth-order valence-electron chi connectivity index (χ4n) is 2.40. The summed E-state index contributed by atoms with van der Waals surface area (Å²) in [5, 5.41) is 9.00. The van der Waals surface area contributed by atoms with E-state index < -0.39 is 11.6 Å². The van der Waals surface area contributed by atoms with E-state index in [4.69, 9.17) is 14.6 Å². The summed E-state index contributed by atoms with van der Waals surface area (Å²) in [5.74, 6) is 0.00890. The maximum absolute atomic E-state index is 11.0. The topological polar surface area (TPSA) is 55.8 Å². The molecule has 0 spiro atoms. The predicted molar refractivity (Wildman–Crippen MR) is 66.9 cm³/mol. The lowest BCUT2D eigenvalue weighted by Gasteiger charge is -2.41. The van der Waals surface area contributed by atoms with Gasteiger partial charge in [-0.05, 0) is 29.7 Å². The van der Waals surface area contributed by atoms with Crippen LogP contribution in [0.3, 0.4) is 0 Å². The van der Waals surface area contributed by atoms with Gasteiger partial charge >= 0.3 is 5.97 Å². The SMILES string of the molecule is CCc1cc(C2(CC(=O)O)CCO2)ccc1OC. The Morgan fingerprint density at radius 1 is 1.56 bits per heavy atom. The van der Waals surface area contributed by atoms with Crippen molar-refractivity contribution >= 4 is 5.97 Å². The number of methoxy groups -OCH3 is 1. The van der Waals surface area contributed by atoms with Gasteiger partial charge in [0.25, 0.3) is 0 Å². The Morgan fingerprint density at radius 2 is 2.28 bits per heavy atom. The average molecular weight is 250 g/mol. The third-order valence-corrected chi connectivity index (χ3v) is 3.51. The number of hydrogen-bond acceptors (Lipinski definition) is 3. The van der Waals surface area contributed by atoms with Crippen LogP contribution in [0.2, 0.25) is 0 Å². The second kappa shape index (κ2) is 4.98. The van der Waals surface area contributed by atoms with Gasteiger partial charge in [-0.2, -0.15) is 0 Å². The summed E-state index contributed by atoms with van der Waals surface area (Å²) >= 11 is 0. The van der Waals surface area contributed by atoms with Gasteiger partial charge in [-0.3, -0.25) is 4.79 Å². The summed E-state index contributed by atoms with van der Waals surface area (Å²) in [7, 11) is 1.64. The van der Waals surface area contributed by atoms with E-state index in [1.165, 1.54) is 0 Å². The zero-order chi connectivity index (χ0) is 13.2. The number of ether oxygens (including phenoxy) is 2. The molecule has 4 heteroatoms. The molecule has 1 heterocycles. The monoisotopic (exact) mass is 250 g/mol. The lowest BCUT2D eigenvalue weighted by atomic mass is 9.82. The maximum Gasteiger partial charge on any atom is 0.306 e. The third-order valence-electron chi connectivity index (χ3n) is 3.51. The molecule has 0 bridgehead atoms. The number of rotatable bonds is 5. The molecule has 1 aromatic carbocycles. The van der Waals surface area contributed by atoms with Gasteiger partial charge in [0, 0.05) is 6.42 Å². The molecule has 4 nitrogen and oxygen atoms in total. The molecule has 1 N–H and O–H groups in total. The van der Waals surface area contributed by atoms with E-state index in [0.717, 1.165) is 29.7 Å². The van der Waals surface area contributed by atoms with Crippen molar-refractivity contribution in [2.75, 3.05) is 13.7 Å². The molecule has 1 saturated heterocycles. The smallest absolute Gasteiger partial charge is 0.306 e. The zero-order valence-corrected chi connectivity index (χ0v) is 10.7. The minimum atomic E-state index is -0.830. The fraction of sp³-hybridized carbons (Fsp3) is 0.500. The lowest BCUT2D eigenvalue weighted by molar-refractivity contribution is -0.176. The highest BCUT2D eigenvalue weighted by molar-refractivity contribution is 5.69. The second-order valence-electron chi connectivity index (χ2n) is 4.54. The molecule has 1 aliphatic heterocycles. The Labute approximate surface area is 107 Å². The van der Waals surface area contributed by atoms with E-state index in [-0.39, 0.29) is 6.42 Å². The summed E-state index contributed by atoms with van der Waals surface area (Å²) in [6.07, 6.45) is 1.62. The van der Waals surface area contributed by atoms with Crippen molar-refractivity contribution in [1.82, 2.24) is 0 Å². The molecule has 0 radical (unpaired) electrons. The van der Waals surface area contributed by atoms with E-state index in [2.05, 4.69) is 0 Å². The minimum Gasteiger partial charge on any atom is -0.496 e. The highest BCUT2D eigenvalue weighted by Crippen LogP contribution is 2.41. The first kappa shape index (κ1) is 12.9. The normalized spacial score (nSPS) is 22.3. The molecule has 1 unspecified atom stereocenters. The van der Waals surface area contributed by atoms with Gasteiger partial charge in [0.05, 0.1) is 20.1 Å². The van der Waals surface area contributed by atoms with Gasteiger partial charge in [0.2, 0.25) is 0 Å². The number of carbonyl (C=O) groups is 1. The van der Waals surface area contributed by atoms with E-state index in [1.54, 1.807) is 7.11 Å². The minimum absolute atomic E-state index is 0.0164. The Hall–Kier alpha value is -1.55. The molecule has 0 amide bonds. The van der Waals surface area contributed by atoms with Crippen LogP contribution in [-0.4, -0.2) is 24.8 Å². The number of benzene rings is 1. The van der Waals surface area contributed by atoms with Gasteiger partial charge in [-0.1, -0.05) is 13.0 Å². The molecule has 0 aromatic heterocycles. The first-order valence-corrected chi connectivity index (χ1v) is 6.14. The summed E-state index contributed by atoms with van der Waals surface area (Å²) in [6, 6.07) is 5.79. The number of aryl methyl sites for hydroxylation is 1. The zero-order valence-electron chi connectivity index (χ0n) is 10.7. The van der Waals surface area contributed by atoms with Crippen molar-refractivity contribution in [3.05, 3.63) is 29.3 Å². The number of carboxylic acid groups (broad SMARTS) is 1. The van der Waals surface area contributed by atoms with E-state index >= 15 is 0 Å². The molecule has 18 heavy (non-hydrogen) atoms. The highest BCUT2D eigenvalue weighted by Gasteiger charge is 2.42. The molecular weight excluding hydrogens is 232 g/mol. The molecule has 1 fully saturated rings. The quantitative estimate of drug-likeness (QED) is 0.871. The highest BCUT2D eigenvalue weighted by atomic mass is 16.5. The molecule has 0 saturated carbocycles. The standard InChI is InChI=1S/C14H18O4/c1-3-10-8-11(4-5-12(10)17-2)14(6-7-18-14)9-13(15)16/h4-5,8H,3,6-7,9H2,1-2H3,(H,15,16). The van der Waals surface area contributed by atoms with Crippen molar-refractivity contribution in [2.24, 2.45) is 0 Å². The van der Waals surface area contributed by atoms with Crippen LogP contribution < -0.4 is 4.74 Å². The van der Waals surface area contributed by atoms with Crippen LogP contribution in [-0.2, 0) is 21.6 Å². The van der Waals surface area contributed by atoms with E-state index in [1.807, 2.05) is 25.1 Å². The Morgan fingerprint density at radius 3 is 2.72 bits per heavy atom. The van der Waals surface area contributed by atoms with Crippen molar-refractivity contribution in [3.8, 4) is 5.75 Å². The molecular formula is C14H18O4. The van der Waals surface area contributed by atoms with Crippen LogP contribution in [0.25, 0.3) is 0 Å². The van der Waals surface area contributed by atoms with Crippen LogP contribution in [0.4, 0.5) is 0 Å². The molecule has 1 aliphatic rings. The van der Waals surface area contributed by atoms with Crippen LogP contribution in [0.1, 0.15) is 30.9 Å². The van der Waals surface area contributed by atoms with Crippen LogP contribution in [0.15, 0.2) is 18.2 Å². The van der Waals surface area contributed by atoms with Gasteiger partial charge in [-0.25, -0.2) is 0 Å². The van der Waals surface area contributed by atoms with Crippen LogP contribution in [0.5, 0.6) is 5.75 Å². The average Bonchev–Trinajstić information content (AvgIpc) is 2.32. The number of hydrogen-bond donors (Lipinski definition) is 1. The summed E-state index contributed by atoms with van der Waals surface area (Å²) in [5.41, 5.74) is 1.38. The van der Waals surface area contributed by atoms with Crippen molar-refractivity contribution in [1.29, 1.82) is 0 Å². The second-order valence-corrected chi connectivity index (χ2v) is 4.54. The molecule has 1 aromatic rings. The van der Waals surface area contributed by atoms with Crippen LogP contribution in [0, 0.1) is 0 Å². The van der Waals surface area contributed by atoms with Crippen LogP contribution >= 0.6 is 0 Å². The van der Waals surface area contributed by atoms with Crippen molar-refractivity contribution < 1.29 is 19.4 Å². The first-order chi connectivity index (χ1) is 8.61. The summed E-state index contributed by atoms with van der Waals surface area (Å²) in [4.78, 5) is 11.0. The Bertz CT molecular complexity index is 449. The fourth-order valence-corrected chi connectivity index (χ4v) is 2.40. The first-order valence-electron chi connectivity index (χ1n) is 6.14. The van der Waals surface area contributed by atoms with Gasteiger partial charge in [0.1, 0.15) is 11.4 Å². The maximum atomic E-state index is 11.0. The molecule has 2 rings (SSSR count). The summed E-state index contributed by atoms with van der Waals surface area (Å²) < 4.78 is 10.8. The summed E-state index contributed by atoms with van der Waals surface area (Å²) in [6.45, 7) is 2.67. The lowest BCUT2D eigenvalue weighted by Crippen LogP contribution is -2.42. The largest absolute Gasteiger partial charge is 0.496 e. The number of aliphatic carboxylic acids is 1.